The molecule has 3 aliphatic rings. The Bertz CT molecular complexity index is 627. The summed E-state index contributed by atoms with van der Waals surface area (Å²) < 4.78 is 27.7. The quantitative estimate of drug-likeness (QED) is 0.855. The van der Waals surface area contributed by atoms with E-state index >= 15 is 0 Å². The van der Waals surface area contributed by atoms with Gasteiger partial charge in [-0.3, -0.25) is 0 Å². The van der Waals surface area contributed by atoms with Crippen molar-refractivity contribution < 1.29 is 8.42 Å². The predicted molar refractivity (Wildman–Crippen MR) is 78.9 cm³/mol. The Morgan fingerprint density at radius 2 is 1.95 bits per heavy atom. The van der Waals surface area contributed by atoms with E-state index in [-0.39, 0.29) is 11.1 Å². The Hall–Kier alpha value is -0.980. The molecule has 1 aromatic heterocycles. The van der Waals surface area contributed by atoms with Crippen LogP contribution in [0.2, 0.25) is 0 Å². The van der Waals surface area contributed by atoms with Crippen LogP contribution < -0.4 is 10.0 Å². The summed E-state index contributed by atoms with van der Waals surface area (Å²) in [6.45, 7) is 0.691. The number of hydrogen-bond donors (Lipinski definition) is 2. The van der Waals surface area contributed by atoms with Crippen LogP contribution in [0.3, 0.4) is 0 Å². The minimum atomic E-state index is -3.47. The molecule has 0 amide bonds. The SMILES string of the molecule is CNCc1ccc(S(=O)(=O)NC2C3C4CCC(C4)C23)nc1. The maximum atomic E-state index is 12.4. The van der Waals surface area contributed by atoms with E-state index in [2.05, 4.69) is 15.0 Å². The molecule has 21 heavy (non-hydrogen) atoms. The van der Waals surface area contributed by atoms with Crippen LogP contribution in [0.5, 0.6) is 0 Å². The second-order valence-corrected chi connectivity index (χ2v) is 8.33. The van der Waals surface area contributed by atoms with Gasteiger partial charge >= 0.3 is 0 Å². The first-order valence-corrected chi connectivity index (χ1v) is 9.20. The molecule has 0 aliphatic heterocycles. The second-order valence-electron chi connectivity index (χ2n) is 6.67. The third kappa shape index (κ3) is 2.20. The monoisotopic (exact) mass is 307 g/mol. The first kappa shape index (κ1) is 13.7. The van der Waals surface area contributed by atoms with Gasteiger partial charge in [-0.05, 0) is 61.6 Å². The van der Waals surface area contributed by atoms with Crippen LogP contribution in [0.15, 0.2) is 23.4 Å². The van der Waals surface area contributed by atoms with Gasteiger partial charge in [0.1, 0.15) is 0 Å². The third-order valence-electron chi connectivity index (χ3n) is 5.48. The fourth-order valence-corrected chi connectivity index (χ4v) is 5.83. The molecule has 5 nitrogen and oxygen atoms in total. The van der Waals surface area contributed by atoms with Crippen molar-refractivity contribution in [1.82, 2.24) is 15.0 Å². The van der Waals surface area contributed by atoms with Crippen LogP contribution in [0.4, 0.5) is 0 Å². The summed E-state index contributed by atoms with van der Waals surface area (Å²) in [6, 6.07) is 3.58. The van der Waals surface area contributed by atoms with Gasteiger partial charge in [0.05, 0.1) is 0 Å². The van der Waals surface area contributed by atoms with E-state index in [1.165, 1.54) is 19.3 Å². The van der Waals surface area contributed by atoms with Crippen LogP contribution in [-0.4, -0.2) is 26.5 Å². The van der Waals surface area contributed by atoms with Crippen molar-refractivity contribution in [2.75, 3.05) is 7.05 Å². The zero-order valence-corrected chi connectivity index (χ0v) is 12.9. The van der Waals surface area contributed by atoms with Gasteiger partial charge in [0.25, 0.3) is 10.0 Å². The lowest BCUT2D eigenvalue weighted by atomic mass is 10.0. The highest BCUT2D eigenvalue weighted by Gasteiger charge is 2.65. The van der Waals surface area contributed by atoms with Crippen molar-refractivity contribution in [3.8, 4) is 0 Å². The number of nitrogens with zero attached hydrogens (tertiary/aromatic N) is 1. The lowest BCUT2D eigenvalue weighted by Crippen LogP contribution is -2.30. The van der Waals surface area contributed by atoms with E-state index in [9.17, 15) is 8.42 Å². The molecule has 0 spiro atoms. The smallest absolute Gasteiger partial charge is 0.258 e. The summed E-state index contributed by atoms with van der Waals surface area (Å²) in [5.74, 6) is 2.72. The van der Waals surface area contributed by atoms with E-state index in [1.807, 2.05) is 13.1 Å². The molecule has 3 aliphatic carbocycles. The molecule has 4 unspecified atom stereocenters. The average molecular weight is 307 g/mol. The number of nitrogens with one attached hydrogen (secondary N) is 2. The summed E-state index contributed by atoms with van der Waals surface area (Å²) in [5.41, 5.74) is 0.984. The summed E-state index contributed by atoms with van der Waals surface area (Å²) in [5, 5.41) is 3.16. The van der Waals surface area contributed by atoms with E-state index < -0.39 is 10.0 Å². The zero-order chi connectivity index (χ0) is 14.6. The number of sulfonamides is 1. The van der Waals surface area contributed by atoms with Gasteiger partial charge in [-0.15, -0.1) is 0 Å². The van der Waals surface area contributed by atoms with Crippen molar-refractivity contribution in [1.29, 1.82) is 0 Å². The summed E-state index contributed by atoms with van der Waals surface area (Å²) in [6.07, 6.45) is 5.54. The largest absolute Gasteiger partial charge is 0.316 e. The minimum absolute atomic E-state index is 0.139. The molecule has 2 bridgehead atoms. The Kier molecular flexibility index (Phi) is 3.10. The first-order valence-electron chi connectivity index (χ1n) is 7.72. The highest BCUT2D eigenvalue weighted by molar-refractivity contribution is 7.89. The van der Waals surface area contributed by atoms with Crippen molar-refractivity contribution in [3.05, 3.63) is 23.9 Å². The van der Waals surface area contributed by atoms with Gasteiger partial charge in [0.2, 0.25) is 0 Å². The molecular weight excluding hydrogens is 286 g/mol. The zero-order valence-electron chi connectivity index (χ0n) is 12.1. The maximum Gasteiger partial charge on any atom is 0.258 e. The summed E-state index contributed by atoms with van der Waals surface area (Å²) >= 11 is 0. The van der Waals surface area contributed by atoms with E-state index in [0.29, 0.717) is 18.4 Å². The van der Waals surface area contributed by atoms with Gasteiger partial charge in [0, 0.05) is 18.8 Å². The Balaban J connectivity index is 1.47. The molecule has 0 radical (unpaired) electrons. The maximum absolute atomic E-state index is 12.4. The number of hydrogen-bond acceptors (Lipinski definition) is 4. The van der Waals surface area contributed by atoms with Crippen LogP contribution in [-0.2, 0) is 16.6 Å². The molecule has 2 N–H and O–H groups in total. The molecule has 6 heteroatoms. The summed E-state index contributed by atoms with van der Waals surface area (Å²) in [7, 11) is -1.62. The van der Waals surface area contributed by atoms with Crippen molar-refractivity contribution in [2.45, 2.75) is 36.9 Å². The lowest BCUT2D eigenvalue weighted by Gasteiger charge is -2.11. The molecule has 1 heterocycles. The molecule has 0 saturated heterocycles. The van der Waals surface area contributed by atoms with Crippen LogP contribution in [0, 0.1) is 23.7 Å². The van der Waals surface area contributed by atoms with Gasteiger partial charge < -0.3 is 5.32 Å². The van der Waals surface area contributed by atoms with E-state index in [0.717, 1.165) is 17.4 Å². The van der Waals surface area contributed by atoms with Crippen molar-refractivity contribution >= 4 is 10.0 Å². The molecule has 4 atom stereocenters. The molecule has 1 aromatic rings. The van der Waals surface area contributed by atoms with Gasteiger partial charge in [-0.25, -0.2) is 18.1 Å². The van der Waals surface area contributed by atoms with Gasteiger partial charge in [-0.2, -0.15) is 0 Å². The topological polar surface area (TPSA) is 71.1 Å². The normalized spacial score (nSPS) is 36.7. The van der Waals surface area contributed by atoms with Crippen molar-refractivity contribution in [2.24, 2.45) is 23.7 Å². The first-order chi connectivity index (χ1) is 10.1. The number of fused-ring (bicyclic) bond motifs is 5. The van der Waals surface area contributed by atoms with Crippen LogP contribution in [0.25, 0.3) is 0 Å². The highest BCUT2D eigenvalue weighted by atomic mass is 32.2. The van der Waals surface area contributed by atoms with Crippen molar-refractivity contribution in [3.63, 3.8) is 0 Å². The molecular formula is C15H21N3O2S. The Labute approximate surface area is 125 Å². The van der Waals surface area contributed by atoms with Crippen LogP contribution in [0.1, 0.15) is 24.8 Å². The fourth-order valence-electron chi connectivity index (χ4n) is 4.60. The van der Waals surface area contributed by atoms with Crippen LogP contribution >= 0.6 is 0 Å². The Morgan fingerprint density at radius 3 is 2.52 bits per heavy atom. The average Bonchev–Trinajstić information content (AvgIpc) is 2.85. The lowest BCUT2D eigenvalue weighted by molar-refractivity contribution is 0.456. The number of aromatic nitrogens is 1. The minimum Gasteiger partial charge on any atom is -0.316 e. The molecule has 4 rings (SSSR count). The van der Waals surface area contributed by atoms with Gasteiger partial charge in [0.15, 0.2) is 5.03 Å². The molecule has 3 saturated carbocycles. The molecule has 0 aromatic carbocycles. The second kappa shape index (κ2) is 4.76. The molecule has 114 valence electrons. The number of pyridine rings is 1. The van der Waals surface area contributed by atoms with E-state index in [4.69, 9.17) is 0 Å². The predicted octanol–water partition coefficient (Wildman–Crippen LogP) is 1.12. The van der Waals surface area contributed by atoms with Gasteiger partial charge in [-0.1, -0.05) is 6.07 Å². The van der Waals surface area contributed by atoms with E-state index in [1.54, 1.807) is 12.3 Å². The third-order valence-corrected chi connectivity index (χ3v) is 6.85. The number of rotatable bonds is 5. The highest BCUT2D eigenvalue weighted by Crippen LogP contribution is 2.65. The fraction of sp³-hybridized carbons (Fsp3) is 0.667. The Morgan fingerprint density at radius 1 is 1.24 bits per heavy atom. The summed E-state index contributed by atoms with van der Waals surface area (Å²) in [4.78, 5) is 4.11. The molecule has 3 fully saturated rings. The standard InChI is InChI=1S/C15H21N3O2S/c1-16-7-9-2-5-12(17-8-9)21(19,20)18-15-13-10-3-4-11(6-10)14(13)15/h2,5,8,10-11,13-16,18H,3-4,6-7H2,1H3.